The molecule has 1 amide bonds. The first-order valence-electron chi connectivity index (χ1n) is 5.66. The summed E-state index contributed by atoms with van der Waals surface area (Å²) < 4.78 is 5.44. The Morgan fingerprint density at radius 3 is 2.93 bits per heavy atom. The van der Waals surface area contributed by atoms with E-state index in [0.29, 0.717) is 18.2 Å². The van der Waals surface area contributed by atoms with Crippen LogP contribution in [0.25, 0.3) is 0 Å². The minimum atomic E-state index is -0.416. The number of carbonyl (C=O) groups is 1. The summed E-state index contributed by atoms with van der Waals surface area (Å²) >= 11 is 0. The summed E-state index contributed by atoms with van der Waals surface area (Å²) in [7, 11) is 0. The van der Waals surface area contributed by atoms with Crippen molar-refractivity contribution in [2.24, 2.45) is 16.6 Å². The first kappa shape index (κ1) is 12.0. The van der Waals surface area contributed by atoms with Gasteiger partial charge in [-0.25, -0.2) is 4.99 Å². The fourth-order valence-corrected chi connectivity index (χ4v) is 1.79. The number of primary amides is 1. The lowest BCUT2D eigenvalue weighted by Crippen LogP contribution is -2.27. The van der Waals surface area contributed by atoms with Gasteiger partial charge >= 0.3 is 0 Å². The number of carbonyl (C=O) groups excluding carboxylic acids is 1. The summed E-state index contributed by atoms with van der Waals surface area (Å²) in [4.78, 5) is 15.2. The maximum atomic E-state index is 11.0. The fraction of sp³-hybridized carbons (Fsp3) is 0.818. The largest absolute Gasteiger partial charge is 0.481 e. The fourth-order valence-electron chi connectivity index (χ4n) is 1.79. The molecular formula is C11H20N2O2. The molecule has 1 rings (SSSR count). The maximum Gasteiger partial charge on any atom is 0.242 e. The summed E-state index contributed by atoms with van der Waals surface area (Å²) in [5, 5.41) is 0. The van der Waals surface area contributed by atoms with Crippen molar-refractivity contribution in [3.8, 4) is 0 Å². The Bertz CT molecular complexity index is 251. The van der Waals surface area contributed by atoms with Crippen molar-refractivity contribution < 1.29 is 9.53 Å². The smallest absolute Gasteiger partial charge is 0.242 e. The molecule has 2 N–H and O–H groups in total. The lowest BCUT2D eigenvalue weighted by Gasteiger charge is -2.05. The molecule has 1 aliphatic heterocycles. The molecule has 4 heteroatoms. The number of ether oxygens (including phenoxy) is 1. The molecule has 0 aliphatic carbocycles. The van der Waals surface area contributed by atoms with E-state index >= 15 is 0 Å². The molecule has 1 heterocycles. The Labute approximate surface area is 90.9 Å². The number of hydrogen-bond donors (Lipinski definition) is 1. The van der Waals surface area contributed by atoms with E-state index in [1.54, 1.807) is 0 Å². The van der Waals surface area contributed by atoms with Crippen LogP contribution in [0.3, 0.4) is 0 Å². The normalized spacial score (nSPS) is 25.2. The Balaban J connectivity index is 2.50. The second kappa shape index (κ2) is 5.73. The summed E-state index contributed by atoms with van der Waals surface area (Å²) in [6.45, 7) is 4.80. The van der Waals surface area contributed by atoms with E-state index in [1.807, 2.05) is 6.92 Å². The predicted molar refractivity (Wildman–Crippen MR) is 59.7 cm³/mol. The van der Waals surface area contributed by atoms with Gasteiger partial charge in [0.1, 0.15) is 6.04 Å². The minimum absolute atomic E-state index is 0.368. The Morgan fingerprint density at radius 1 is 1.67 bits per heavy atom. The molecule has 1 unspecified atom stereocenters. The number of aliphatic imine (C=N–C) groups is 1. The SMILES string of the molecule is CCC[C@H]1CO/C(=N\C(CC)C(N)=O)C1. The van der Waals surface area contributed by atoms with Crippen molar-refractivity contribution in [1.29, 1.82) is 0 Å². The van der Waals surface area contributed by atoms with Gasteiger partial charge in [-0.2, -0.15) is 0 Å². The first-order valence-corrected chi connectivity index (χ1v) is 5.66. The van der Waals surface area contributed by atoms with E-state index in [4.69, 9.17) is 10.5 Å². The molecule has 0 spiro atoms. The lowest BCUT2D eigenvalue weighted by atomic mass is 10.0. The number of nitrogens with two attached hydrogens (primary N) is 1. The van der Waals surface area contributed by atoms with Crippen LogP contribution in [0.5, 0.6) is 0 Å². The second-order valence-electron chi connectivity index (χ2n) is 4.02. The molecule has 0 bridgehead atoms. The van der Waals surface area contributed by atoms with Gasteiger partial charge in [0.25, 0.3) is 0 Å². The summed E-state index contributed by atoms with van der Waals surface area (Å²) in [5.41, 5.74) is 5.22. The zero-order chi connectivity index (χ0) is 11.3. The highest BCUT2D eigenvalue weighted by molar-refractivity contribution is 5.85. The molecule has 1 saturated heterocycles. The van der Waals surface area contributed by atoms with Crippen LogP contribution in [0, 0.1) is 5.92 Å². The molecule has 0 aromatic heterocycles. The Hall–Kier alpha value is -1.06. The highest BCUT2D eigenvalue weighted by Crippen LogP contribution is 2.20. The molecule has 0 aromatic carbocycles. The molecule has 0 saturated carbocycles. The van der Waals surface area contributed by atoms with Gasteiger partial charge in [0.2, 0.25) is 5.91 Å². The maximum absolute atomic E-state index is 11.0. The van der Waals surface area contributed by atoms with E-state index < -0.39 is 6.04 Å². The van der Waals surface area contributed by atoms with Crippen molar-refractivity contribution in [2.45, 2.75) is 45.6 Å². The van der Waals surface area contributed by atoms with Crippen LogP contribution in [0.2, 0.25) is 0 Å². The van der Waals surface area contributed by atoms with Gasteiger partial charge in [-0.1, -0.05) is 20.3 Å². The molecular weight excluding hydrogens is 192 g/mol. The second-order valence-corrected chi connectivity index (χ2v) is 4.02. The van der Waals surface area contributed by atoms with Crippen LogP contribution in [0.15, 0.2) is 4.99 Å². The molecule has 1 aliphatic rings. The molecule has 0 aromatic rings. The van der Waals surface area contributed by atoms with Gasteiger partial charge in [-0.15, -0.1) is 0 Å². The van der Waals surface area contributed by atoms with Crippen LogP contribution in [-0.2, 0) is 9.53 Å². The molecule has 86 valence electrons. The van der Waals surface area contributed by atoms with E-state index in [9.17, 15) is 4.79 Å². The standard InChI is InChI=1S/C11H20N2O2/c1-3-5-8-6-10(15-7-8)13-9(4-2)11(12)14/h8-9H,3-7H2,1-2H3,(H2,12,14)/b13-10-/t8-,9?/m1/s1. The van der Waals surface area contributed by atoms with E-state index in [2.05, 4.69) is 11.9 Å². The molecule has 2 atom stereocenters. The first-order chi connectivity index (χ1) is 7.17. The highest BCUT2D eigenvalue weighted by Gasteiger charge is 2.23. The highest BCUT2D eigenvalue weighted by atomic mass is 16.5. The topological polar surface area (TPSA) is 64.7 Å². The van der Waals surface area contributed by atoms with Crippen molar-refractivity contribution in [1.82, 2.24) is 0 Å². The van der Waals surface area contributed by atoms with Gasteiger partial charge in [-0.3, -0.25) is 4.79 Å². The van der Waals surface area contributed by atoms with E-state index in [-0.39, 0.29) is 5.91 Å². The van der Waals surface area contributed by atoms with E-state index in [0.717, 1.165) is 25.9 Å². The third-order valence-corrected chi connectivity index (χ3v) is 2.66. The van der Waals surface area contributed by atoms with Crippen LogP contribution < -0.4 is 5.73 Å². The molecule has 0 radical (unpaired) electrons. The number of nitrogens with zero attached hydrogens (tertiary/aromatic N) is 1. The van der Waals surface area contributed by atoms with Crippen molar-refractivity contribution in [3.05, 3.63) is 0 Å². The summed E-state index contributed by atoms with van der Waals surface area (Å²) in [6, 6.07) is -0.416. The number of rotatable bonds is 5. The number of hydrogen-bond acceptors (Lipinski definition) is 3. The average molecular weight is 212 g/mol. The van der Waals surface area contributed by atoms with Crippen LogP contribution >= 0.6 is 0 Å². The average Bonchev–Trinajstić information content (AvgIpc) is 2.62. The number of amides is 1. The molecule has 1 fully saturated rings. The quantitative estimate of drug-likeness (QED) is 0.750. The third-order valence-electron chi connectivity index (χ3n) is 2.66. The van der Waals surface area contributed by atoms with Crippen molar-refractivity contribution in [2.75, 3.05) is 6.61 Å². The summed E-state index contributed by atoms with van der Waals surface area (Å²) in [6.07, 6.45) is 3.82. The third kappa shape index (κ3) is 3.53. The van der Waals surface area contributed by atoms with Gasteiger partial charge in [0.15, 0.2) is 5.90 Å². The van der Waals surface area contributed by atoms with Crippen LogP contribution in [0.4, 0.5) is 0 Å². The summed E-state index contributed by atoms with van der Waals surface area (Å²) in [5.74, 6) is 0.908. The van der Waals surface area contributed by atoms with Gasteiger partial charge in [0.05, 0.1) is 6.61 Å². The molecule has 15 heavy (non-hydrogen) atoms. The van der Waals surface area contributed by atoms with Gasteiger partial charge in [0, 0.05) is 12.3 Å². The zero-order valence-corrected chi connectivity index (χ0v) is 9.53. The molecule has 4 nitrogen and oxygen atoms in total. The predicted octanol–water partition coefficient (Wildman–Crippen LogP) is 1.49. The monoisotopic (exact) mass is 212 g/mol. The van der Waals surface area contributed by atoms with Crippen LogP contribution in [0.1, 0.15) is 39.5 Å². The Morgan fingerprint density at radius 2 is 2.40 bits per heavy atom. The minimum Gasteiger partial charge on any atom is -0.481 e. The van der Waals surface area contributed by atoms with E-state index in [1.165, 1.54) is 0 Å². The zero-order valence-electron chi connectivity index (χ0n) is 9.53. The lowest BCUT2D eigenvalue weighted by molar-refractivity contribution is -0.119. The van der Waals surface area contributed by atoms with Gasteiger partial charge in [-0.05, 0) is 12.8 Å². The van der Waals surface area contributed by atoms with Crippen LogP contribution in [-0.4, -0.2) is 24.5 Å². The Kier molecular flexibility index (Phi) is 4.59. The van der Waals surface area contributed by atoms with Gasteiger partial charge < -0.3 is 10.5 Å². The van der Waals surface area contributed by atoms with Crippen molar-refractivity contribution >= 4 is 11.8 Å². The van der Waals surface area contributed by atoms with Crippen molar-refractivity contribution in [3.63, 3.8) is 0 Å².